The smallest absolute Gasteiger partial charge is 0.425 e. The molecular weight excluding hydrogens is 416 g/mol. The molecule has 4 nitrogen and oxygen atoms in total. The van der Waals surface area contributed by atoms with E-state index in [9.17, 15) is 18.7 Å². The zero-order chi connectivity index (χ0) is 21.4. The predicted octanol–water partition coefficient (Wildman–Crippen LogP) is 4.59. The SMILES string of the molecule is CC#C[C@H](NCC(CSC(C)C1CC1)C(=O)O)C(F)(F)Oc1ccc(SC)cc1. The Morgan fingerprint density at radius 2 is 2.03 bits per heavy atom. The van der Waals surface area contributed by atoms with Crippen LogP contribution in [0.2, 0.25) is 0 Å². The highest BCUT2D eigenvalue weighted by atomic mass is 32.2. The molecule has 0 heterocycles. The molecule has 3 atom stereocenters. The first-order valence-electron chi connectivity index (χ1n) is 9.47. The van der Waals surface area contributed by atoms with Crippen LogP contribution < -0.4 is 10.1 Å². The van der Waals surface area contributed by atoms with Crippen LogP contribution in [-0.4, -0.2) is 47.0 Å². The Hall–Kier alpha value is -1.43. The van der Waals surface area contributed by atoms with Gasteiger partial charge in [-0.25, -0.2) is 0 Å². The number of alkyl halides is 2. The minimum Gasteiger partial charge on any atom is -0.481 e. The first kappa shape index (κ1) is 23.8. The van der Waals surface area contributed by atoms with E-state index < -0.39 is 24.0 Å². The number of hydrogen-bond acceptors (Lipinski definition) is 5. The number of aliphatic carboxylic acids is 1. The molecule has 2 rings (SSSR count). The van der Waals surface area contributed by atoms with Crippen molar-refractivity contribution in [2.24, 2.45) is 11.8 Å². The number of hydrogen-bond donors (Lipinski definition) is 2. The van der Waals surface area contributed by atoms with Gasteiger partial charge in [-0.2, -0.15) is 20.5 Å². The van der Waals surface area contributed by atoms with Gasteiger partial charge in [-0.05, 0) is 56.2 Å². The van der Waals surface area contributed by atoms with E-state index in [1.165, 1.54) is 43.7 Å². The first-order chi connectivity index (χ1) is 13.8. The van der Waals surface area contributed by atoms with Crippen molar-refractivity contribution < 1.29 is 23.4 Å². The summed E-state index contributed by atoms with van der Waals surface area (Å²) in [6, 6.07) is 4.74. The Labute approximate surface area is 179 Å². The van der Waals surface area contributed by atoms with Crippen LogP contribution in [0.15, 0.2) is 29.2 Å². The number of rotatable bonds is 12. The Kier molecular flexibility index (Phi) is 9.12. The van der Waals surface area contributed by atoms with Crippen molar-refractivity contribution in [2.45, 2.75) is 49.0 Å². The van der Waals surface area contributed by atoms with E-state index >= 15 is 0 Å². The fourth-order valence-electron chi connectivity index (χ4n) is 2.71. The lowest BCUT2D eigenvalue weighted by molar-refractivity contribution is -0.187. The lowest BCUT2D eigenvalue weighted by Gasteiger charge is -2.26. The average Bonchev–Trinajstić information content (AvgIpc) is 3.52. The van der Waals surface area contributed by atoms with Crippen LogP contribution in [0.1, 0.15) is 26.7 Å². The zero-order valence-corrected chi connectivity index (χ0v) is 18.4. The number of carbonyl (C=O) groups is 1. The molecule has 8 heteroatoms. The van der Waals surface area contributed by atoms with Gasteiger partial charge < -0.3 is 9.84 Å². The summed E-state index contributed by atoms with van der Waals surface area (Å²) in [5.41, 5.74) is 0. The minimum atomic E-state index is -3.61. The normalized spacial score (nSPS) is 17.0. The fourth-order valence-corrected chi connectivity index (χ4v) is 4.45. The molecule has 0 bridgehead atoms. The van der Waals surface area contributed by atoms with Gasteiger partial charge in [0.1, 0.15) is 5.75 Å². The molecule has 1 aliphatic carbocycles. The molecule has 2 unspecified atom stereocenters. The van der Waals surface area contributed by atoms with Gasteiger partial charge in [0.15, 0.2) is 6.04 Å². The highest BCUT2D eigenvalue weighted by Crippen LogP contribution is 2.39. The molecule has 0 spiro atoms. The molecule has 0 aromatic heterocycles. The Morgan fingerprint density at radius 1 is 1.38 bits per heavy atom. The zero-order valence-electron chi connectivity index (χ0n) is 16.8. The third-order valence-corrected chi connectivity index (χ3v) is 6.95. The fraction of sp³-hybridized carbons (Fsp3) is 0.571. The van der Waals surface area contributed by atoms with E-state index in [-0.39, 0.29) is 12.3 Å². The second kappa shape index (κ2) is 11.1. The second-order valence-corrected chi connectivity index (χ2v) is 9.28. The molecule has 1 aromatic carbocycles. The molecule has 1 aromatic rings. The van der Waals surface area contributed by atoms with E-state index in [2.05, 4.69) is 24.1 Å². The van der Waals surface area contributed by atoms with E-state index in [0.29, 0.717) is 16.9 Å². The monoisotopic (exact) mass is 443 g/mol. The molecule has 0 saturated heterocycles. The van der Waals surface area contributed by atoms with Crippen LogP contribution >= 0.6 is 23.5 Å². The van der Waals surface area contributed by atoms with Crippen molar-refractivity contribution in [1.29, 1.82) is 0 Å². The van der Waals surface area contributed by atoms with Crippen LogP contribution in [0.25, 0.3) is 0 Å². The van der Waals surface area contributed by atoms with E-state index in [1.54, 1.807) is 23.9 Å². The van der Waals surface area contributed by atoms with Crippen LogP contribution in [0.4, 0.5) is 8.78 Å². The van der Waals surface area contributed by atoms with Gasteiger partial charge in [0.25, 0.3) is 0 Å². The van der Waals surface area contributed by atoms with Crippen molar-refractivity contribution in [1.82, 2.24) is 5.32 Å². The minimum absolute atomic E-state index is 0.0288. The third-order valence-electron chi connectivity index (χ3n) is 4.70. The topological polar surface area (TPSA) is 58.6 Å². The van der Waals surface area contributed by atoms with Gasteiger partial charge in [-0.3, -0.25) is 10.1 Å². The molecule has 0 aliphatic heterocycles. The molecule has 160 valence electrons. The standard InChI is InChI=1S/C21H27F2NO3S2/c1-4-5-19(21(22,23)27-17-8-10-18(28-3)11-9-17)24-12-16(20(25)26)13-29-14(2)15-6-7-15/h8-11,14-16,19,24H,6-7,12-13H2,1-3H3,(H,25,26)/t14?,16?,19-/m0/s1. The number of thioether (sulfide) groups is 2. The maximum atomic E-state index is 14.7. The summed E-state index contributed by atoms with van der Waals surface area (Å²) in [6.45, 7) is 3.44. The summed E-state index contributed by atoms with van der Waals surface area (Å²) in [5, 5.41) is 12.5. The van der Waals surface area contributed by atoms with Gasteiger partial charge in [-0.1, -0.05) is 12.8 Å². The van der Waals surface area contributed by atoms with E-state index in [0.717, 1.165) is 4.90 Å². The Bertz CT molecular complexity index is 730. The number of benzene rings is 1. The summed E-state index contributed by atoms with van der Waals surface area (Å²) in [5.74, 6) is 4.15. The lowest BCUT2D eigenvalue weighted by Crippen LogP contribution is -2.50. The largest absolute Gasteiger partial charge is 0.481 e. The van der Waals surface area contributed by atoms with Crippen LogP contribution in [0.5, 0.6) is 5.75 Å². The van der Waals surface area contributed by atoms with Crippen molar-refractivity contribution in [3.05, 3.63) is 24.3 Å². The van der Waals surface area contributed by atoms with Crippen LogP contribution in [0, 0.1) is 23.7 Å². The first-order valence-corrected chi connectivity index (χ1v) is 11.7. The van der Waals surface area contributed by atoms with Gasteiger partial charge in [0, 0.05) is 22.4 Å². The van der Waals surface area contributed by atoms with Gasteiger partial charge in [0.05, 0.1) is 5.92 Å². The Balaban J connectivity index is 1.97. The number of carboxylic acid groups (broad SMARTS) is 1. The molecular formula is C21H27F2NO3S2. The maximum Gasteiger partial charge on any atom is 0.425 e. The summed E-state index contributed by atoms with van der Waals surface area (Å²) >= 11 is 3.09. The van der Waals surface area contributed by atoms with E-state index in [1.807, 2.05) is 6.26 Å². The third kappa shape index (κ3) is 7.72. The van der Waals surface area contributed by atoms with Gasteiger partial charge in [0.2, 0.25) is 0 Å². The molecule has 2 N–H and O–H groups in total. The molecule has 0 amide bonds. The van der Waals surface area contributed by atoms with Crippen molar-refractivity contribution >= 4 is 29.5 Å². The molecule has 0 radical (unpaired) electrons. The lowest BCUT2D eigenvalue weighted by atomic mass is 10.1. The molecule has 1 fully saturated rings. The maximum absolute atomic E-state index is 14.7. The molecule has 1 saturated carbocycles. The predicted molar refractivity (Wildman–Crippen MR) is 115 cm³/mol. The number of ether oxygens (including phenoxy) is 1. The summed E-state index contributed by atoms with van der Waals surface area (Å²) in [4.78, 5) is 12.5. The molecule has 29 heavy (non-hydrogen) atoms. The van der Waals surface area contributed by atoms with Crippen molar-refractivity contribution in [3.63, 3.8) is 0 Å². The summed E-state index contributed by atoms with van der Waals surface area (Å²) in [7, 11) is 0. The van der Waals surface area contributed by atoms with Gasteiger partial charge in [-0.15, -0.1) is 17.7 Å². The number of halogens is 2. The van der Waals surface area contributed by atoms with Crippen LogP contribution in [-0.2, 0) is 4.79 Å². The van der Waals surface area contributed by atoms with Crippen molar-refractivity contribution in [3.8, 4) is 17.6 Å². The van der Waals surface area contributed by atoms with Crippen LogP contribution in [0.3, 0.4) is 0 Å². The van der Waals surface area contributed by atoms with Crippen molar-refractivity contribution in [2.75, 3.05) is 18.6 Å². The Morgan fingerprint density at radius 3 is 2.55 bits per heavy atom. The number of carboxylic acids is 1. The van der Waals surface area contributed by atoms with Gasteiger partial charge >= 0.3 is 12.1 Å². The average molecular weight is 444 g/mol. The quantitative estimate of drug-likeness (QED) is 0.364. The second-order valence-electron chi connectivity index (χ2n) is 6.99. The highest BCUT2D eigenvalue weighted by molar-refractivity contribution is 7.99. The highest BCUT2D eigenvalue weighted by Gasteiger charge is 2.42. The summed E-state index contributed by atoms with van der Waals surface area (Å²) in [6.07, 6.45) is 0.644. The van der Waals surface area contributed by atoms with E-state index in [4.69, 9.17) is 4.74 Å². The number of nitrogens with one attached hydrogen (secondary N) is 1. The molecule has 1 aliphatic rings. The summed E-state index contributed by atoms with van der Waals surface area (Å²) < 4.78 is 34.2.